The maximum absolute atomic E-state index is 13.3. The van der Waals surface area contributed by atoms with Crippen molar-refractivity contribution in [1.82, 2.24) is 4.98 Å². The number of hydrogen-bond acceptors (Lipinski definition) is 4. The van der Waals surface area contributed by atoms with Crippen LogP contribution in [0.5, 0.6) is 0 Å². The molecule has 1 unspecified atom stereocenters. The zero-order valence-corrected chi connectivity index (χ0v) is 13.9. The maximum atomic E-state index is 13.3. The molecule has 3 aromatic rings. The molecule has 2 N–H and O–H groups in total. The number of thiazole rings is 1. The van der Waals surface area contributed by atoms with Gasteiger partial charge in [-0.2, -0.15) is 0 Å². The average Bonchev–Trinajstić information content (AvgIpc) is 2.80. The van der Waals surface area contributed by atoms with E-state index in [2.05, 4.69) is 20.9 Å². The van der Waals surface area contributed by atoms with E-state index in [0.29, 0.717) is 20.1 Å². The number of nitrogen functional groups attached to an aromatic ring is 1. The molecule has 0 amide bonds. The van der Waals surface area contributed by atoms with Crippen LogP contribution in [0.3, 0.4) is 0 Å². The topological polar surface area (TPSA) is 56.0 Å². The van der Waals surface area contributed by atoms with Gasteiger partial charge < -0.3 is 5.73 Å². The summed E-state index contributed by atoms with van der Waals surface area (Å²) in [4.78, 5) is 4.35. The van der Waals surface area contributed by atoms with Gasteiger partial charge in [0.2, 0.25) is 0 Å². The van der Waals surface area contributed by atoms with Crippen LogP contribution in [0.15, 0.2) is 45.2 Å². The van der Waals surface area contributed by atoms with Gasteiger partial charge in [-0.15, -0.1) is 11.3 Å². The van der Waals surface area contributed by atoms with Crippen molar-refractivity contribution in [2.24, 2.45) is 0 Å². The zero-order valence-electron chi connectivity index (χ0n) is 10.7. The lowest BCUT2D eigenvalue weighted by atomic mass is 10.2. The lowest BCUT2D eigenvalue weighted by molar-refractivity contribution is 0.625. The summed E-state index contributed by atoms with van der Waals surface area (Å²) in [5, 5.41) is 0. The van der Waals surface area contributed by atoms with Crippen LogP contribution in [0.1, 0.15) is 5.56 Å². The van der Waals surface area contributed by atoms with Crippen molar-refractivity contribution in [1.29, 1.82) is 0 Å². The zero-order chi connectivity index (χ0) is 15.0. The third-order valence-corrected chi connectivity index (χ3v) is 5.96. The molecule has 7 heteroatoms. The van der Waals surface area contributed by atoms with Gasteiger partial charge in [-0.05, 0) is 42.0 Å². The summed E-state index contributed by atoms with van der Waals surface area (Å²) >= 11 is 4.58. The van der Waals surface area contributed by atoms with Gasteiger partial charge in [-0.25, -0.2) is 9.37 Å². The fourth-order valence-electron chi connectivity index (χ4n) is 1.92. The van der Waals surface area contributed by atoms with Gasteiger partial charge in [-0.3, -0.25) is 4.21 Å². The Balaban J connectivity index is 1.89. The highest BCUT2D eigenvalue weighted by molar-refractivity contribution is 9.10. The van der Waals surface area contributed by atoms with Crippen LogP contribution in [0.25, 0.3) is 10.2 Å². The molecule has 0 radical (unpaired) electrons. The number of fused-ring (bicyclic) bond motifs is 1. The van der Waals surface area contributed by atoms with Crippen molar-refractivity contribution in [3.05, 3.63) is 52.3 Å². The molecule has 1 aromatic heterocycles. The number of nitrogens with zero attached hydrogens (tertiary/aromatic N) is 1. The minimum absolute atomic E-state index is 0.228. The number of aromatic nitrogens is 1. The molecule has 3 rings (SSSR count). The molecule has 0 bridgehead atoms. The minimum atomic E-state index is -1.31. The van der Waals surface area contributed by atoms with Crippen molar-refractivity contribution < 1.29 is 8.60 Å². The van der Waals surface area contributed by atoms with E-state index in [0.717, 1.165) is 10.2 Å². The van der Waals surface area contributed by atoms with Gasteiger partial charge in [0.25, 0.3) is 0 Å². The number of hydrogen-bond donors (Lipinski definition) is 1. The smallest absolute Gasteiger partial charge is 0.182 e. The molecule has 0 aliphatic heterocycles. The second-order valence-electron chi connectivity index (χ2n) is 4.47. The number of benzene rings is 2. The molecule has 2 aromatic carbocycles. The van der Waals surface area contributed by atoms with E-state index in [9.17, 15) is 8.60 Å². The summed E-state index contributed by atoms with van der Waals surface area (Å²) < 4.78 is 27.8. The van der Waals surface area contributed by atoms with Gasteiger partial charge in [0.05, 0.1) is 26.8 Å². The largest absolute Gasteiger partial charge is 0.399 e. The van der Waals surface area contributed by atoms with Crippen molar-refractivity contribution in [2.75, 3.05) is 5.73 Å². The molecule has 0 aliphatic carbocycles. The van der Waals surface area contributed by atoms with Crippen molar-refractivity contribution in [3.8, 4) is 0 Å². The van der Waals surface area contributed by atoms with E-state index in [1.54, 1.807) is 18.2 Å². The quantitative estimate of drug-likeness (QED) is 0.691. The lowest BCUT2D eigenvalue weighted by Crippen LogP contribution is -1.96. The molecule has 1 heterocycles. The van der Waals surface area contributed by atoms with Crippen LogP contribution in [0, 0.1) is 5.82 Å². The summed E-state index contributed by atoms with van der Waals surface area (Å²) in [6.45, 7) is 0. The lowest BCUT2D eigenvalue weighted by Gasteiger charge is -2.01. The Morgan fingerprint density at radius 3 is 2.86 bits per heavy atom. The van der Waals surface area contributed by atoms with Gasteiger partial charge in [0.1, 0.15) is 5.82 Å². The van der Waals surface area contributed by atoms with Gasteiger partial charge in [0, 0.05) is 10.2 Å². The van der Waals surface area contributed by atoms with E-state index in [1.165, 1.54) is 23.5 Å². The van der Waals surface area contributed by atoms with E-state index in [1.807, 2.05) is 6.07 Å². The van der Waals surface area contributed by atoms with E-state index in [4.69, 9.17) is 5.73 Å². The average molecular weight is 385 g/mol. The van der Waals surface area contributed by atoms with Crippen LogP contribution in [0.2, 0.25) is 0 Å². The molecule has 1 atom stereocenters. The van der Waals surface area contributed by atoms with Crippen LogP contribution in [-0.4, -0.2) is 9.19 Å². The second kappa shape index (κ2) is 5.82. The molecule has 108 valence electrons. The third kappa shape index (κ3) is 3.30. The monoisotopic (exact) mass is 384 g/mol. The van der Waals surface area contributed by atoms with Crippen LogP contribution in [0.4, 0.5) is 10.1 Å². The molecular weight excluding hydrogens is 375 g/mol. The third-order valence-electron chi connectivity index (χ3n) is 2.81. The van der Waals surface area contributed by atoms with E-state index >= 15 is 0 Å². The van der Waals surface area contributed by atoms with Crippen LogP contribution < -0.4 is 5.73 Å². The summed E-state index contributed by atoms with van der Waals surface area (Å²) in [5.41, 5.74) is 7.81. The Bertz CT molecular complexity index is 830. The highest BCUT2D eigenvalue weighted by Crippen LogP contribution is 2.27. The van der Waals surface area contributed by atoms with Gasteiger partial charge in [-0.1, -0.05) is 15.9 Å². The van der Waals surface area contributed by atoms with Crippen molar-refractivity contribution in [2.45, 2.75) is 10.1 Å². The van der Waals surface area contributed by atoms with Gasteiger partial charge >= 0.3 is 0 Å². The Hall–Kier alpha value is -1.31. The molecule has 0 aliphatic rings. The standard InChI is InChI=1S/C14H10BrFN2OS2/c15-9-3-8(4-10(16)5-9)7-21(19)14-18-12-2-1-11(17)6-13(12)20-14/h1-6H,7,17H2. The normalized spacial score (nSPS) is 12.7. The summed E-state index contributed by atoms with van der Waals surface area (Å²) in [6.07, 6.45) is 0. The number of anilines is 1. The highest BCUT2D eigenvalue weighted by Gasteiger charge is 2.12. The van der Waals surface area contributed by atoms with Crippen molar-refractivity contribution in [3.63, 3.8) is 0 Å². The Morgan fingerprint density at radius 2 is 2.10 bits per heavy atom. The molecule has 0 spiro atoms. The fourth-order valence-corrected chi connectivity index (χ4v) is 4.79. The Morgan fingerprint density at radius 1 is 1.29 bits per heavy atom. The number of rotatable bonds is 3. The Labute approximate surface area is 135 Å². The van der Waals surface area contributed by atoms with E-state index in [-0.39, 0.29) is 11.6 Å². The summed E-state index contributed by atoms with van der Waals surface area (Å²) in [5.74, 6) is -0.125. The molecule has 3 nitrogen and oxygen atoms in total. The first kappa shape index (κ1) is 14.6. The second-order valence-corrected chi connectivity index (χ2v) is 8.05. The van der Waals surface area contributed by atoms with Crippen LogP contribution in [-0.2, 0) is 16.6 Å². The highest BCUT2D eigenvalue weighted by atomic mass is 79.9. The number of nitrogens with two attached hydrogens (primary N) is 1. The van der Waals surface area contributed by atoms with Crippen molar-refractivity contribution >= 4 is 54.0 Å². The number of halogens is 2. The first-order valence-electron chi connectivity index (χ1n) is 6.01. The summed E-state index contributed by atoms with van der Waals surface area (Å²) in [7, 11) is -1.31. The molecule has 0 saturated heterocycles. The maximum Gasteiger partial charge on any atom is 0.182 e. The van der Waals surface area contributed by atoms with E-state index < -0.39 is 10.8 Å². The molecule has 21 heavy (non-hydrogen) atoms. The predicted molar refractivity (Wildman–Crippen MR) is 88.2 cm³/mol. The predicted octanol–water partition coefficient (Wildman–Crippen LogP) is 4.09. The molecular formula is C14H10BrFN2OS2. The first-order chi connectivity index (χ1) is 10.0. The first-order valence-corrected chi connectivity index (χ1v) is 8.93. The minimum Gasteiger partial charge on any atom is -0.399 e. The molecule has 0 saturated carbocycles. The van der Waals surface area contributed by atoms with Crippen LogP contribution >= 0.6 is 27.3 Å². The Kier molecular flexibility index (Phi) is 4.05. The summed E-state index contributed by atoms with van der Waals surface area (Å²) in [6, 6.07) is 9.89. The SMILES string of the molecule is Nc1ccc2nc(S(=O)Cc3cc(F)cc(Br)c3)sc2c1. The molecule has 0 fully saturated rings. The fraction of sp³-hybridized carbons (Fsp3) is 0.0714. The van der Waals surface area contributed by atoms with Gasteiger partial charge in [0.15, 0.2) is 4.34 Å².